The Kier molecular flexibility index (Phi) is 3.68. The number of hydrogen-bond acceptors (Lipinski definition) is 5. The molecule has 3 aromatic rings. The summed E-state index contributed by atoms with van der Waals surface area (Å²) >= 11 is 1.30. The van der Waals surface area contributed by atoms with Gasteiger partial charge in [0.1, 0.15) is 17.2 Å². The molecule has 0 saturated heterocycles. The van der Waals surface area contributed by atoms with E-state index < -0.39 is 5.91 Å². The minimum Gasteiger partial charge on any atom is -0.507 e. The van der Waals surface area contributed by atoms with Crippen LogP contribution in [0.4, 0.5) is 5.13 Å². The average Bonchev–Trinajstić information content (AvgIpc) is 3.10. The standard InChI is InChI=1S/C16H14N2O3S/c1-9-3-5-13(19)11(7-9)15(20)18-16-17-12(8-22-16)14-6-4-10(2)21-14/h3-8,19H,1-2H3,(H,17,18,20). The number of benzene rings is 1. The van der Waals surface area contributed by atoms with Crippen LogP contribution in [0.2, 0.25) is 0 Å². The molecule has 6 heteroatoms. The van der Waals surface area contributed by atoms with Crippen LogP contribution >= 0.6 is 11.3 Å². The van der Waals surface area contributed by atoms with Gasteiger partial charge in [0.15, 0.2) is 10.9 Å². The molecule has 2 N–H and O–H groups in total. The minimum absolute atomic E-state index is 0.0541. The zero-order valence-electron chi connectivity index (χ0n) is 12.1. The van der Waals surface area contributed by atoms with Crippen LogP contribution in [0.15, 0.2) is 40.1 Å². The Morgan fingerprint density at radius 3 is 2.82 bits per heavy atom. The zero-order chi connectivity index (χ0) is 15.7. The van der Waals surface area contributed by atoms with Crippen molar-refractivity contribution in [2.45, 2.75) is 13.8 Å². The van der Waals surface area contributed by atoms with Gasteiger partial charge in [-0.05, 0) is 38.1 Å². The predicted molar refractivity (Wildman–Crippen MR) is 85.4 cm³/mol. The van der Waals surface area contributed by atoms with Gasteiger partial charge in [-0.1, -0.05) is 11.6 Å². The lowest BCUT2D eigenvalue weighted by Crippen LogP contribution is -2.12. The number of thiazole rings is 1. The number of aromatic hydroxyl groups is 1. The normalized spacial score (nSPS) is 10.6. The highest BCUT2D eigenvalue weighted by molar-refractivity contribution is 7.14. The Morgan fingerprint density at radius 2 is 2.09 bits per heavy atom. The summed E-state index contributed by atoms with van der Waals surface area (Å²) in [6, 6.07) is 8.57. The highest BCUT2D eigenvalue weighted by Gasteiger charge is 2.14. The fourth-order valence-corrected chi connectivity index (χ4v) is 2.71. The molecule has 1 amide bonds. The van der Waals surface area contributed by atoms with Crippen LogP contribution in [-0.4, -0.2) is 16.0 Å². The summed E-state index contributed by atoms with van der Waals surface area (Å²) in [7, 11) is 0. The van der Waals surface area contributed by atoms with E-state index in [1.807, 2.05) is 31.4 Å². The topological polar surface area (TPSA) is 75.4 Å². The summed E-state index contributed by atoms with van der Waals surface area (Å²) in [5.74, 6) is 1.02. The summed E-state index contributed by atoms with van der Waals surface area (Å²) in [4.78, 5) is 16.5. The van der Waals surface area contributed by atoms with E-state index in [0.717, 1.165) is 11.3 Å². The molecule has 0 aliphatic rings. The molecule has 22 heavy (non-hydrogen) atoms. The maximum absolute atomic E-state index is 12.2. The summed E-state index contributed by atoms with van der Waals surface area (Å²) in [6.07, 6.45) is 0. The zero-order valence-corrected chi connectivity index (χ0v) is 12.9. The molecule has 0 radical (unpaired) electrons. The van der Waals surface area contributed by atoms with Gasteiger partial charge in [-0.2, -0.15) is 0 Å². The molecule has 5 nitrogen and oxygen atoms in total. The molecular formula is C16H14N2O3S. The van der Waals surface area contributed by atoms with E-state index in [1.54, 1.807) is 12.1 Å². The molecule has 1 aromatic carbocycles. The Labute approximate surface area is 131 Å². The number of aryl methyl sites for hydroxylation is 2. The van der Waals surface area contributed by atoms with Crippen LogP contribution in [0.3, 0.4) is 0 Å². The van der Waals surface area contributed by atoms with Crippen molar-refractivity contribution in [2.75, 3.05) is 5.32 Å². The molecule has 0 unspecified atom stereocenters. The SMILES string of the molecule is Cc1ccc(O)c(C(=O)Nc2nc(-c3ccc(C)o3)cs2)c1. The summed E-state index contributed by atoms with van der Waals surface area (Å²) in [5.41, 5.74) is 1.79. The molecule has 3 rings (SSSR count). The highest BCUT2D eigenvalue weighted by Crippen LogP contribution is 2.27. The van der Waals surface area contributed by atoms with Crippen molar-refractivity contribution in [3.63, 3.8) is 0 Å². The van der Waals surface area contributed by atoms with Crippen LogP contribution in [0, 0.1) is 13.8 Å². The van der Waals surface area contributed by atoms with Crippen LogP contribution in [0.25, 0.3) is 11.5 Å². The van der Waals surface area contributed by atoms with Gasteiger partial charge in [0, 0.05) is 5.38 Å². The number of phenols is 1. The van der Waals surface area contributed by atoms with E-state index in [-0.39, 0.29) is 11.3 Å². The van der Waals surface area contributed by atoms with Crippen molar-refractivity contribution in [3.05, 3.63) is 52.6 Å². The Bertz CT molecular complexity index is 836. The Hall–Kier alpha value is -2.60. The highest BCUT2D eigenvalue weighted by atomic mass is 32.1. The Morgan fingerprint density at radius 1 is 1.27 bits per heavy atom. The lowest BCUT2D eigenvalue weighted by molar-refractivity contribution is 0.102. The molecule has 0 atom stereocenters. The van der Waals surface area contributed by atoms with Crippen LogP contribution in [-0.2, 0) is 0 Å². The van der Waals surface area contributed by atoms with Gasteiger partial charge >= 0.3 is 0 Å². The molecule has 0 aliphatic carbocycles. The van der Waals surface area contributed by atoms with Crippen molar-refractivity contribution >= 4 is 22.4 Å². The van der Waals surface area contributed by atoms with E-state index in [0.29, 0.717) is 16.6 Å². The van der Waals surface area contributed by atoms with Crippen LogP contribution in [0.5, 0.6) is 5.75 Å². The molecule has 0 spiro atoms. The molecule has 0 fully saturated rings. The maximum Gasteiger partial charge on any atom is 0.261 e. The summed E-state index contributed by atoms with van der Waals surface area (Å²) in [6.45, 7) is 3.72. The first-order valence-electron chi connectivity index (χ1n) is 6.66. The third kappa shape index (κ3) is 2.87. The number of amides is 1. The largest absolute Gasteiger partial charge is 0.507 e. The van der Waals surface area contributed by atoms with Crippen molar-refractivity contribution in [3.8, 4) is 17.2 Å². The van der Waals surface area contributed by atoms with Crippen molar-refractivity contribution in [2.24, 2.45) is 0 Å². The quantitative estimate of drug-likeness (QED) is 0.767. The van der Waals surface area contributed by atoms with Gasteiger partial charge in [0.05, 0.1) is 5.56 Å². The number of rotatable bonds is 3. The van der Waals surface area contributed by atoms with Crippen molar-refractivity contribution in [1.82, 2.24) is 4.98 Å². The average molecular weight is 314 g/mol. The van der Waals surface area contributed by atoms with E-state index in [4.69, 9.17) is 4.42 Å². The molecule has 2 aromatic heterocycles. The maximum atomic E-state index is 12.2. The minimum atomic E-state index is -0.391. The fraction of sp³-hybridized carbons (Fsp3) is 0.125. The molecule has 2 heterocycles. The fourth-order valence-electron chi connectivity index (χ4n) is 2.01. The first kappa shape index (κ1) is 14.3. The lowest BCUT2D eigenvalue weighted by atomic mass is 10.1. The Balaban J connectivity index is 1.80. The molecule has 0 saturated carbocycles. The number of aromatic nitrogens is 1. The van der Waals surface area contributed by atoms with Gasteiger partial charge in [-0.15, -0.1) is 11.3 Å². The van der Waals surface area contributed by atoms with Crippen molar-refractivity contribution in [1.29, 1.82) is 0 Å². The third-order valence-corrected chi connectivity index (χ3v) is 3.87. The predicted octanol–water partition coefficient (Wildman–Crippen LogP) is 3.98. The van der Waals surface area contributed by atoms with Gasteiger partial charge in [0.25, 0.3) is 5.91 Å². The van der Waals surface area contributed by atoms with E-state index in [2.05, 4.69) is 10.3 Å². The van der Waals surface area contributed by atoms with Crippen molar-refractivity contribution < 1.29 is 14.3 Å². The molecule has 112 valence electrons. The van der Waals surface area contributed by atoms with Crippen LogP contribution in [0.1, 0.15) is 21.7 Å². The van der Waals surface area contributed by atoms with E-state index >= 15 is 0 Å². The van der Waals surface area contributed by atoms with E-state index in [1.165, 1.54) is 17.4 Å². The van der Waals surface area contributed by atoms with Gasteiger partial charge < -0.3 is 9.52 Å². The second-order valence-electron chi connectivity index (χ2n) is 4.92. The first-order chi connectivity index (χ1) is 10.5. The van der Waals surface area contributed by atoms with E-state index in [9.17, 15) is 9.90 Å². The number of furan rings is 1. The molecule has 0 aliphatic heterocycles. The van der Waals surface area contributed by atoms with Gasteiger partial charge in [-0.25, -0.2) is 4.98 Å². The second-order valence-corrected chi connectivity index (χ2v) is 5.78. The number of hydrogen-bond donors (Lipinski definition) is 2. The van der Waals surface area contributed by atoms with Crippen LogP contribution < -0.4 is 5.32 Å². The summed E-state index contributed by atoms with van der Waals surface area (Å²) in [5, 5.41) is 14.7. The molecular weight excluding hydrogens is 300 g/mol. The van der Waals surface area contributed by atoms with Gasteiger partial charge in [-0.3, -0.25) is 10.1 Å². The number of carbonyl (C=O) groups is 1. The summed E-state index contributed by atoms with van der Waals surface area (Å²) < 4.78 is 5.50. The third-order valence-electron chi connectivity index (χ3n) is 3.11. The second kappa shape index (κ2) is 5.65. The first-order valence-corrected chi connectivity index (χ1v) is 7.54. The number of nitrogens with zero attached hydrogens (tertiary/aromatic N) is 1. The van der Waals surface area contributed by atoms with Gasteiger partial charge in [0.2, 0.25) is 0 Å². The number of nitrogens with one attached hydrogen (secondary N) is 1. The lowest BCUT2D eigenvalue weighted by Gasteiger charge is -2.05. The molecule has 0 bridgehead atoms. The monoisotopic (exact) mass is 314 g/mol. The number of carbonyl (C=O) groups excluding carboxylic acids is 1. The smallest absolute Gasteiger partial charge is 0.261 e. The number of phenolic OH excluding ortho intramolecular Hbond substituents is 1. The number of anilines is 1.